The number of nitrogens with zero attached hydrogens (tertiary/aromatic N) is 1. The van der Waals surface area contributed by atoms with Gasteiger partial charge >= 0.3 is 5.97 Å². The molecule has 0 aliphatic carbocycles. The quantitative estimate of drug-likeness (QED) is 0.822. The third-order valence-electron chi connectivity index (χ3n) is 2.79. The number of hydrogen-bond acceptors (Lipinski definition) is 4. The van der Waals surface area contributed by atoms with E-state index in [0.29, 0.717) is 16.3 Å². The Labute approximate surface area is 127 Å². The molecule has 3 nitrogen and oxygen atoms in total. The zero-order valence-electron chi connectivity index (χ0n) is 11.7. The second-order valence-electron chi connectivity index (χ2n) is 4.89. The largest absolute Gasteiger partial charge is 0.477 e. The summed E-state index contributed by atoms with van der Waals surface area (Å²) >= 11 is 2.98. The number of aromatic carboxylic acids is 1. The van der Waals surface area contributed by atoms with Crippen LogP contribution in [0.4, 0.5) is 0 Å². The molecule has 1 N–H and O–H groups in total. The first kappa shape index (κ1) is 15.1. The lowest BCUT2D eigenvalue weighted by Gasteiger charge is -2.01. The third kappa shape index (κ3) is 3.61. The van der Waals surface area contributed by atoms with Crippen molar-refractivity contribution in [2.75, 3.05) is 0 Å². The standard InChI is InChI=1S/C15H17NO2S2/c1-9(2)13-14(15(17)18)20-12(16-13)8-19-11-6-4-5-10(3)7-11/h4-7,9H,8H2,1-3H3,(H,17,18). The number of benzene rings is 1. The second kappa shape index (κ2) is 6.41. The van der Waals surface area contributed by atoms with Gasteiger partial charge in [0.15, 0.2) is 0 Å². The number of carbonyl (C=O) groups is 1. The van der Waals surface area contributed by atoms with Gasteiger partial charge in [-0.15, -0.1) is 23.1 Å². The topological polar surface area (TPSA) is 50.2 Å². The summed E-state index contributed by atoms with van der Waals surface area (Å²) in [6.45, 7) is 6.00. The third-order valence-corrected chi connectivity index (χ3v) is 5.04. The average Bonchev–Trinajstić information content (AvgIpc) is 2.81. The minimum absolute atomic E-state index is 0.134. The highest BCUT2D eigenvalue weighted by Crippen LogP contribution is 2.30. The van der Waals surface area contributed by atoms with Crippen molar-refractivity contribution >= 4 is 29.1 Å². The molecule has 0 aliphatic heterocycles. The van der Waals surface area contributed by atoms with Gasteiger partial charge < -0.3 is 5.11 Å². The molecule has 1 aromatic heterocycles. The Kier molecular flexibility index (Phi) is 4.83. The van der Waals surface area contributed by atoms with E-state index in [-0.39, 0.29) is 5.92 Å². The van der Waals surface area contributed by atoms with Crippen molar-refractivity contribution < 1.29 is 9.90 Å². The van der Waals surface area contributed by atoms with Crippen molar-refractivity contribution in [3.63, 3.8) is 0 Å². The molecule has 2 aromatic rings. The fourth-order valence-corrected chi connectivity index (χ4v) is 3.90. The number of hydrogen-bond donors (Lipinski definition) is 1. The van der Waals surface area contributed by atoms with Crippen LogP contribution in [0.15, 0.2) is 29.2 Å². The Morgan fingerprint density at radius 3 is 2.75 bits per heavy atom. The Morgan fingerprint density at radius 1 is 1.45 bits per heavy atom. The highest BCUT2D eigenvalue weighted by Gasteiger charge is 2.19. The first-order chi connectivity index (χ1) is 9.47. The van der Waals surface area contributed by atoms with Crippen LogP contribution >= 0.6 is 23.1 Å². The molecule has 0 saturated heterocycles. The van der Waals surface area contributed by atoms with Gasteiger partial charge in [0.25, 0.3) is 0 Å². The maximum atomic E-state index is 11.2. The van der Waals surface area contributed by atoms with Gasteiger partial charge in [-0.05, 0) is 25.0 Å². The van der Waals surface area contributed by atoms with E-state index in [4.69, 9.17) is 0 Å². The Balaban J connectivity index is 2.14. The summed E-state index contributed by atoms with van der Waals surface area (Å²) in [5, 5.41) is 10.1. The maximum Gasteiger partial charge on any atom is 0.347 e. The van der Waals surface area contributed by atoms with Gasteiger partial charge in [-0.2, -0.15) is 0 Å². The fourth-order valence-electron chi connectivity index (χ4n) is 1.83. The van der Waals surface area contributed by atoms with Crippen LogP contribution in [0.3, 0.4) is 0 Å². The van der Waals surface area contributed by atoms with Crippen LogP contribution in [0.25, 0.3) is 0 Å². The van der Waals surface area contributed by atoms with Crippen molar-refractivity contribution in [2.24, 2.45) is 0 Å². The van der Waals surface area contributed by atoms with Crippen LogP contribution in [0.2, 0.25) is 0 Å². The molecule has 0 bridgehead atoms. The molecule has 2 rings (SSSR count). The monoisotopic (exact) mass is 307 g/mol. The lowest BCUT2D eigenvalue weighted by Crippen LogP contribution is -2.00. The summed E-state index contributed by atoms with van der Waals surface area (Å²) in [5.74, 6) is -0.0331. The Bertz CT molecular complexity index is 620. The molecule has 0 atom stereocenters. The Hall–Kier alpha value is -1.33. The molecule has 0 spiro atoms. The molecule has 0 radical (unpaired) electrons. The molecule has 0 saturated carbocycles. The predicted octanol–water partition coefficient (Wildman–Crippen LogP) is 4.57. The van der Waals surface area contributed by atoms with Gasteiger partial charge in [-0.3, -0.25) is 0 Å². The van der Waals surface area contributed by atoms with Crippen LogP contribution in [0.1, 0.15) is 45.7 Å². The van der Waals surface area contributed by atoms with E-state index in [0.717, 1.165) is 5.01 Å². The summed E-state index contributed by atoms with van der Waals surface area (Å²) in [6, 6.07) is 8.28. The number of carboxylic acids is 1. The van der Waals surface area contributed by atoms with Crippen molar-refractivity contribution in [3.05, 3.63) is 45.4 Å². The van der Waals surface area contributed by atoms with E-state index in [9.17, 15) is 9.90 Å². The number of carboxylic acid groups (broad SMARTS) is 1. The molecule has 0 fully saturated rings. The summed E-state index contributed by atoms with van der Waals surface area (Å²) in [5.41, 5.74) is 1.92. The van der Waals surface area contributed by atoms with Crippen LogP contribution in [-0.2, 0) is 5.75 Å². The first-order valence-corrected chi connectivity index (χ1v) is 8.20. The van der Waals surface area contributed by atoms with Crippen molar-refractivity contribution in [3.8, 4) is 0 Å². The van der Waals surface area contributed by atoms with Crippen molar-refractivity contribution in [1.82, 2.24) is 4.98 Å². The maximum absolute atomic E-state index is 11.2. The second-order valence-corrected chi connectivity index (χ2v) is 7.02. The zero-order valence-corrected chi connectivity index (χ0v) is 13.3. The normalized spacial score (nSPS) is 11.0. The SMILES string of the molecule is Cc1cccc(SCc2nc(C(C)C)c(C(=O)O)s2)c1. The molecule has 20 heavy (non-hydrogen) atoms. The molecule has 0 aliphatic rings. The summed E-state index contributed by atoms with van der Waals surface area (Å²) in [6.07, 6.45) is 0. The van der Waals surface area contributed by atoms with Crippen LogP contribution in [0, 0.1) is 6.92 Å². The minimum atomic E-state index is -0.877. The van der Waals surface area contributed by atoms with Crippen molar-refractivity contribution in [1.29, 1.82) is 0 Å². The van der Waals surface area contributed by atoms with Gasteiger partial charge in [0.05, 0.1) is 11.4 Å². The van der Waals surface area contributed by atoms with Gasteiger partial charge in [0.1, 0.15) is 9.88 Å². The van der Waals surface area contributed by atoms with Gasteiger partial charge in [0, 0.05) is 4.90 Å². The number of rotatable bonds is 5. The zero-order chi connectivity index (χ0) is 14.7. The lowest BCUT2D eigenvalue weighted by molar-refractivity contribution is 0.0700. The van der Waals surface area contributed by atoms with E-state index < -0.39 is 5.97 Å². The van der Waals surface area contributed by atoms with E-state index in [1.807, 2.05) is 19.9 Å². The molecule has 0 unspecified atom stereocenters. The molecule has 106 valence electrons. The predicted molar refractivity (Wildman–Crippen MR) is 83.9 cm³/mol. The van der Waals surface area contributed by atoms with Crippen LogP contribution < -0.4 is 0 Å². The highest BCUT2D eigenvalue weighted by molar-refractivity contribution is 7.98. The molecular formula is C15H17NO2S2. The molecular weight excluding hydrogens is 290 g/mol. The van der Waals surface area contributed by atoms with Gasteiger partial charge in [0.2, 0.25) is 0 Å². The summed E-state index contributed by atoms with van der Waals surface area (Å²) in [7, 11) is 0. The van der Waals surface area contributed by atoms with Crippen LogP contribution in [-0.4, -0.2) is 16.1 Å². The summed E-state index contributed by atoms with van der Waals surface area (Å²) in [4.78, 5) is 17.3. The number of thiazole rings is 1. The number of aryl methyl sites for hydroxylation is 1. The van der Waals surface area contributed by atoms with E-state index >= 15 is 0 Å². The Morgan fingerprint density at radius 2 is 2.20 bits per heavy atom. The molecule has 5 heteroatoms. The molecule has 1 heterocycles. The molecule has 1 aromatic carbocycles. The number of thioether (sulfide) groups is 1. The fraction of sp³-hybridized carbons (Fsp3) is 0.333. The van der Waals surface area contributed by atoms with Gasteiger partial charge in [-0.25, -0.2) is 9.78 Å². The first-order valence-electron chi connectivity index (χ1n) is 6.39. The van der Waals surface area contributed by atoms with Gasteiger partial charge in [-0.1, -0.05) is 31.5 Å². The molecule has 0 amide bonds. The van der Waals surface area contributed by atoms with E-state index in [1.165, 1.54) is 21.8 Å². The van der Waals surface area contributed by atoms with E-state index in [2.05, 4.69) is 30.1 Å². The smallest absolute Gasteiger partial charge is 0.347 e. The number of aromatic nitrogens is 1. The average molecular weight is 307 g/mol. The van der Waals surface area contributed by atoms with Crippen LogP contribution in [0.5, 0.6) is 0 Å². The lowest BCUT2D eigenvalue weighted by atomic mass is 10.1. The van der Waals surface area contributed by atoms with Crippen molar-refractivity contribution in [2.45, 2.75) is 37.3 Å². The highest BCUT2D eigenvalue weighted by atomic mass is 32.2. The summed E-state index contributed by atoms with van der Waals surface area (Å²) < 4.78 is 0. The van der Waals surface area contributed by atoms with E-state index in [1.54, 1.807) is 11.8 Å². The minimum Gasteiger partial charge on any atom is -0.477 e.